The van der Waals surface area contributed by atoms with Gasteiger partial charge in [0.15, 0.2) is 0 Å². The molecule has 0 saturated heterocycles. The third kappa shape index (κ3) is 2.47. The van der Waals surface area contributed by atoms with Crippen LogP contribution in [-0.4, -0.2) is 17.8 Å². The van der Waals surface area contributed by atoms with E-state index in [4.69, 9.17) is 28.5 Å². The number of aliphatic imine (C=N–C) groups is 1. The first-order valence-corrected chi connectivity index (χ1v) is 8.18. The van der Waals surface area contributed by atoms with E-state index in [0.717, 1.165) is 11.1 Å². The molecule has 1 N–H and O–H groups in total. The molecule has 1 saturated carbocycles. The van der Waals surface area contributed by atoms with Gasteiger partial charge in [0.2, 0.25) is 5.91 Å². The number of nitriles is 1. The number of benzene rings is 2. The molecule has 2 aromatic rings. The molecule has 4 rings (SSSR count). The topological polar surface area (TPSA) is 65.2 Å². The fourth-order valence-corrected chi connectivity index (χ4v) is 3.69. The van der Waals surface area contributed by atoms with Crippen LogP contribution in [-0.2, 0) is 4.79 Å². The average molecular weight is 356 g/mol. The molecular formula is C18H11Cl2N3O. The summed E-state index contributed by atoms with van der Waals surface area (Å²) in [7, 11) is 0. The van der Waals surface area contributed by atoms with E-state index in [2.05, 4.69) is 16.4 Å². The zero-order chi connectivity index (χ0) is 16.8. The molecule has 1 aliphatic heterocycles. The number of carbonyl (C=O) groups excluding carboxylic acids is 1. The van der Waals surface area contributed by atoms with Gasteiger partial charge in [-0.05, 0) is 42.0 Å². The van der Waals surface area contributed by atoms with Crippen LogP contribution >= 0.6 is 23.2 Å². The Morgan fingerprint density at radius 3 is 2.50 bits per heavy atom. The Morgan fingerprint density at radius 2 is 1.83 bits per heavy atom. The largest absolute Gasteiger partial charge is 0.310 e. The molecule has 118 valence electrons. The second-order valence-corrected chi connectivity index (χ2v) is 6.71. The smallest absolute Gasteiger partial charge is 0.231 e. The van der Waals surface area contributed by atoms with Crippen LogP contribution in [0.4, 0.5) is 0 Å². The molecule has 1 amide bonds. The number of rotatable bonds is 2. The maximum atomic E-state index is 12.4. The minimum atomic E-state index is -0.189. The Labute approximate surface area is 148 Å². The molecular weight excluding hydrogens is 345 g/mol. The van der Waals surface area contributed by atoms with E-state index in [0.29, 0.717) is 21.4 Å². The highest BCUT2D eigenvalue weighted by atomic mass is 35.5. The second kappa shape index (κ2) is 5.62. The number of amides is 1. The number of carbonyl (C=O) groups is 1. The van der Waals surface area contributed by atoms with Gasteiger partial charge in [0.25, 0.3) is 0 Å². The van der Waals surface area contributed by atoms with Gasteiger partial charge in [-0.1, -0.05) is 29.3 Å². The number of hydrogen-bond donors (Lipinski definition) is 1. The number of fused-ring (bicyclic) bond motifs is 1. The van der Waals surface area contributed by atoms with Crippen LogP contribution < -0.4 is 5.32 Å². The van der Waals surface area contributed by atoms with E-state index in [1.807, 2.05) is 6.07 Å². The second-order valence-electron chi connectivity index (χ2n) is 5.86. The van der Waals surface area contributed by atoms with Crippen molar-refractivity contribution in [1.29, 1.82) is 5.26 Å². The lowest BCUT2D eigenvalue weighted by Crippen LogP contribution is -2.36. The lowest BCUT2D eigenvalue weighted by atomic mass is 10.1. The standard InChI is InChI=1S/C18H11Cl2N3O/c19-11-5-6-12(13(20)7-11)14-15-16(14)22-17(23-18(15)24)10-3-1-9(8-21)2-4-10/h1-7,14-16H,(H,22,23,24). The highest BCUT2D eigenvalue weighted by molar-refractivity contribution is 6.35. The van der Waals surface area contributed by atoms with Crippen molar-refractivity contribution in [2.45, 2.75) is 12.0 Å². The van der Waals surface area contributed by atoms with Gasteiger partial charge >= 0.3 is 0 Å². The Hall–Kier alpha value is -2.35. The van der Waals surface area contributed by atoms with E-state index in [1.54, 1.807) is 36.4 Å². The van der Waals surface area contributed by atoms with Crippen LogP contribution in [0.2, 0.25) is 10.0 Å². The molecule has 0 radical (unpaired) electrons. The molecule has 1 fully saturated rings. The molecule has 6 heteroatoms. The van der Waals surface area contributed by atoms with Crippen LogP contribution in [0.15, 0.2) is 47.5 Å². The summed E-state index contributed by atoms with van der Waals surface area (Å²) in [5, 5.41) is 12.8. The summed E-state index contributed by atoms with van der Waals surface area (Å²) in [5.74, 6) is 0.278. The molecule has 0 aromatic heterocycles. The molecule has 3 atom stereocenters. The molecule has 1 heterocycles. The maximum absolute atomic E-state index is 12.4. The van der Waals surface area contributed by atoms with Crippen LogP contribution in [0, 0.1) is 17.2 Å². The number of hydrogen-bond acceptors (Lipinski definition) is 3. The fraction of sp³-hybridized carbons (Fsp3) is 0.167. The summed E-state index contributed by atoms with van der Waals surface area (Å²) in [6.45, 7) is 0. The average Bonchev–Trinajstić information content (AvgIpc) is 3.29. The monoisotopic (exact) mass is 355 g/mol. The quantitative estimate of drug-likeness (QED) is 0.895. The Kier molecular flexibility index (Phi) is 3.56. The van der Waals surface area contributed by atoms with Gasteiger partial charge in [-0.15, -0.1) is 0 Å². The first-order valence-electron chi connectivity index (χ1n) is 7.42. The van der Waals surface area contributed by atoms with Gasteiger partial charge in [-0.25, -0.2) is 0 Å². The van der Waals surface area contributed by atoms with Crippen LogP contribution in [0.1, 0.15) is 22.6 Å². The summed E-state index contributed by atoms with van der Waals surface area (Å²) in [5.41, 5.74) is 2.25. The molecule has 0 spiro atoms. The normalized spacial score (nSPS) is 24.5. The van der Waals surface area contributed by atoms with Crippen molar-refractivity contribution in [3.05, 3.63) is 69.2 Å². The highest BCUT2D eigenvalue weighted by Crippen LogP contribution is 2.53. The number of halogens is 2. The molecule has 3 unspecified atom stereocenters. The number of nitrogens with one attached hydrogen (secondary N) is 1. The zero-order valence-electron chi connectivity index (χ0n) is 12.3. The molecule has 24 heavy (non-hydrogen) atoms. The van der Waals surface area contributed by atoms with Gasteiger partial charge in [0.05, 0.1) is 23.6 Å². The Balaban J connectivity index is 1.65. The zero-order valence-corrected chi connectivity index (χ0v) is 13.8. The lowest BCUT2D eigenvalue weighted by Gasteiger charge is -2.12. The van der Waals surface area contributed by atoms with Crippen molar-refractivity contribution in [2.24, 2.45) is 10.9 Å². The van der Waals surface area contributed by atoms with Crippen molar-refractivity contribution in [3.63, 3.8) is 0 Å². The maximum Gasteiger partial charge on any atom is 0.231 e. The van der Waals surface area contributed by atoms with Gasteiger partial charge in [0.1, 0.15) is 5.84 Å². The molecule has 4 nitrogen and oxygen atoms in total. The van der Waals surface area contributed by atoms with Crippen molar-refractivity contribution < 1.29 is 4.79 Å². The van der Waals surface area contributed by atoms with Crippen molar-refractivity contribution in [1.82, 2.24) is 5.32 Å². The minimum absolute atomic E-state index is 0.0225. The first kappa shape index (κ1) is 15.2. The summed E-state index contributed by atoms with van der Waals surface area (Å²) >= 11 is 12.2. The summed E-state index contributed by atoms with van der Waals surface area (Å²) in [6, 6.07) is 14.3. The van der Waals surface area contributed by atoms with Crippen LogP contribution in [0.25, 0.3) is 0 Å². The third-order valence-electron chi connectivity index (χ3n) is 4.41. The summed E-state index contributed by atoms with van der Waals surface area (Å²) in [4.78, 5) is 17.1. The number of amidine groups is 1. The predicted octanol–water partition coefficient (Wildman–Crippen LogP) is 3.52. The van der Waals surface area contributed by atoms with E-state index in [9.17, 15) is 4.79 Å². The number of nitrogens with zero attached hydrogens (tertiary/aromatic N) is 2. The van der Waals surface area contributed by atoms with E-state index in [1.165, 1.54) is 0 Å². The SMILES string of the molecule is N#Cc1ccc(C2=NC3C(C(=O)N2)C3c2ccc(Cl)cc2Cl)cc1. The van der Waals surface area contributed by atoms with Gasteiger partial charge < -0.3 is 5.32 Å². The molecule has 2 aliphatic rings. The minimum Gasteiger partial charge on any atom is -0.310 e. The van der Waals surface area contributed by atoms with E-state index >= 15 is 0 Å². The lowest BCUT2D eigenvalue weighted by molar-refractivity contribution is -0.121. The van der Waals surface area contributed by atoms with Crippen LogP contribution in [0.5, 0.6) is 0 Å². The molecule has 2 aromatic carbocycles. The van der Waals surface area contributed by atoms with Crippen molar-refractivity contribution in [3.8, 4) is 6.07 Å². The van der Waals surface area contributed by atoms with E-state index in [-0.39, 0.29) is 23.8 Å². The molecule has 1 aliphatic carbocycles. The summed E-state index contributed by atoms with van der Waals surface area (Å²) in [6.07, 6.45) is 0. The van der Waals surface area contributed by atoms with E-state index < -0.39 is 0 Å². The van der Waals surface area contributed by atoms with Gasteiger partial charge in [0, 0.05) is 21.5 Å². The first-order chi connectivity index (χ1) is 11.6. The van der Waals surface area contributed by atoms with Crippen LogP contribution in [0.3, 0.4) is 0 Å². The Morgan fingerprint density at radius 1 is 1.08 bits per heavy atom. The van der Waals surface area contributed by atoms with Crippen molar-refractivity contribution in [2.75, 3.05) is 0 Å². The van der Waals surface area contributed by atoms with Gasteiger partial charge in [-0.3, -0.25) is 9.79 Å². The predicted molar refractivity (Wildman–Crippen MR) is 92.3 cm³/mol. The van der Waals surface area contributed by atoms with Gasteiger partial charge in [-0.2, -0.15) is 5.26 Å². The third-order valence-corrected chi connectivity index (χ3v) is 4.98. The highest BCUT2D eigenvalue weighted by Gasteiger charge is 2.58. The fourth-order valence-electron chi connectivity index (χ4n) is 3.15. The molecule has 0 bridgehead atoms. The van der Waals surface area contributed by atoms with Crippen molar-refractivity contribution >= 4 is 34.9 Å². The summed E-state index contributed by atoms with van der Waals surface area (Å²) < 4.78 is 0. The Bertz CT molecular complexity index is 915.